The summed E-state index contributed by atoms with van der Waals surface area (Å²) in [4.78, 5) is 15.1. The van der Waals surface area contributed by atoms with Crippen LogP contribution in [0.25, 0.3) is 0 Å². The van der Waals surface area contributed by atoms with E-state index < -0.39 is 21.6 Å². The molecule has 1 aliphatic heterocycles. The van der Waals surface area contributed by atoms with Crippen molar-refractivity contribution in [1.82, 2.24) is 5.32 Å². The molecule has 2 unspecified atom stereocenters. The number of alkyl halides is 3. The smallest absolute Gasteiger partial charge is 0.370 e. The van der Waals surface area contributed by atoms with Crippen LogP contribution >= 0.6 is 0 Å². The van der Waals surface area contributed by atoms with E-state index in [4.69, 9.17) is 4.74 Å². The number of sulfone groups is 1. The van der Waals surface area contributed by atoms with Crippen LogP contribution in [0.15, 0.2) is 77.7 Å². The third kappa shape index (κ3) is 6.80. The van der Waals surface area contributed by atoms with Gasteiger partial charge in [0, 0.05) is 24.3 Å². The highest BCUT2D eigenvalue weighted by atomic mass is 32.2. The molecule has 4 rings (SSSR count). The van der Waals surface area contributed by atoms with Gasteiger partial charge in [0.15, 0.2) is 9.84 Å². The molecular weight excluding hydrogens is 529 g/mol. The van der Waals surface area contributed by atoms with Crippen LogP contribution in [0, 0.1) is 0 Å². The number of benzene rings is 3. The molecule has 208 valence electrons. The molecule has 1 saturated heterocycles. The number of ether oxygens (including phenoxy) is 1. The highest BCUT2D eigenvalue weighted by molar-refractivity contribution is 7.91. The van der Waals surface area contributed by atoms with Crippen molar-refractivity contribution < 1.29 is 31.1 Å². The minimum Gasteiger partial charge on any atom is -0.370 e. The Hall–Kier alpha value is -3.37. The fourth-order valence-electron chi connectivity index (χ4n) is 4.51. The third-order valence-corrected chi connectivity index (χ3v) is 8.70. The molecular formula is C29H31F3N2O4S. The number of anilines is 1. The van der Waals surface area contributed by atoms with Crippen LogP contribution in [0.3, 0.4) is 0 Å². The topological polar surface area (TPSA) is 75.7 Å². The number of nitrogens with zero attached hydrogens (tertiary/aromatic N) is 1. The standard InChI is InChI=1S/C29H31F3N2O4S/c1-3-24-19-38-27(21-7-11-23(12-8-21)29(30,31)32)18-34(24)25-13-9-22(10-14-25)28(35)33-17-20-5-15-26(16-6-20)39(36,37)4-2/h5-16,24,27H,3-4,17-19H2,1-2H3,(H,33,35). The zero-order valence-corrected chi connectivity index (χ0v) is 22.6. The van der Waals surface area contributed by atoms with Crippen LogP contribution in [-0.4, -0.2) is 39.3 Å². The summed E-state index contributed by atoms with van der Waals surface area (Å²) >= 11 is 0. The van der Waals surface area contributed by atoms with Gasteiger partial charge in [-0.05, 0) is 66.1 Å². The molecule has 3 aromatic rings. The second-order valence-electron chi connectivity index (χ2n) is 9.43. The second-order valence-corrected chi connectivity index (χ2v) is 11.7. The second kappa shape index (κ2) is 11.8. The molecule has 1 N–H and O–H groups in total. The van der Waals surface area contributed by atoms with Crippen LogP contribution in [0.4, 0.5) is 18.9 Å². The maximum atomic E-state index is 12.9. The molecule has 10 heteroatoms. The van der Waals surface area contributed by atoms with Crippen molar-refractivity contribution in [3.8, 4) is 0 Å². The maximum Gasteiger partial charge on any atom is 0.416 e. The van der Waals surface area contributed by atoms with Gasteiger partial charge in [0.25, 0.3) is 5.91 Å². The van der Waals surface area contributed by atoms with Crippen LogP contribution in [0.1, 0.15) is 53.4 Å². The molecule has 6 nitrogen and oxygen atoms in total. The Morgan fingerprint density at radius 3 is 2.18 bits per heavy atom. The Bertz CT molecular complexity index is 1370. The Labute approximate surface area is 226 Å². The van der Waals surface area contributed by atoms with Gasteiger partial charge in [-0.25, -0.2) is 8.42 Å². The van der Waals surface area contributed by atoms with E-state index in [-0.39, 0.29) is 35.2 Å². The Morgan fingerprint density at radius 1 is 0.974 bits per heavy atom. The van der Waals surface area contributed by atoms with Crippen molar-refractivity contribution in [2.75, 3.05) is 23.8 Å². The zero-order valence-electron chi connectivity index (χ0n) is 21.7. The van der Waals surface area contributed by atoms with E-state index in [0.717, 1.165) is 29.8 Å². The van der Waals surface area contributed by atoms with E-state index >= 15 is 0 Å². The molecule has 39 heavy (non-hydrogen) atoms. The SMILES string of the molecule is CCC1COC(c2ccc(C(F)(F)F)cc2)CN1c1ccc(C(=O)NCc2ccc(S(=O)(=O)CC)cc2)cc1. The minimum atomic E-state index is -4.39. The molecule has 0 aromatic heterocycles. The summed E-state index contributed by atoms with van der Waals surface area (Å²) in [6, 6.07) is 18.8. The summed E-state index contributed by atoms with van der Waals surface area (Å²) in [5.74, 6) is -0.235. The Balaban J connectivity index is 1.40. The average Bonchev–Trinajstić information content (AvgIpc) is 2.95. The van der Waals surface area contributed by atoms with Crippen molar-refractivity contribution in [1.29, 1.82) is 0 Å². The summed E-state index contributed by atoms with van der Waals surface area (Å²) in [6.45, 7) is 4.80. The number of carbonyl (C=O) groups is 1. The third-order valence-electron chi connectivity index (χ3n) is 6.95. The van der Waals surface area contributed by atoms with Crippen molar-refractivity contribution in [2.24, 2.45) is 0 Å². The summed E-state index contributed by atoms with van der Waals surface area (Å²) in [5, 5.41) is 2.85. The number of hydrogen-bond donors (Lipinski definition) is 1. The van der Waals surface area contributed by atoms with E-state index in [0.29, 0.717) is 24.3 Å². The summed E-state index contributed by atoms with van der Waals surface area (Å²) in [5.41, 5.74) is 2.14. The highest BCUT2D eigenvalue weighted by Crippen LogP contribution is 2.33. The first-order valence-corrected chi connectivity index (χ1v) is 14.4. The van der Waals surface area contributed by atoms with Gasteiger partial charge < -0.3 is 15.0 Å². The van der Waals surface area contributed by atoms with Gasteiger partial charge in [0.2, 0.25) is 0 Å². The monoisotopic (exact) mass is 560 g/mol. The van der Waals surface area contributed by atoms with E-state index in [1.165, 1.54) is 12.1 Å². The Kier molecular flexibility index (Phi) is 8.66. The van der Waals surface area contributed by atoms with Gasteiger partial charge >= 0.3 is 6.18 Å². The van der Waals surface area contributed by atoms with Crippen LogP contribution in [0.2, 0.25) is 0 Å². The van der Waals surface area contributed by atoms with Gasteiger partial charge in [-0.15, -0.1) is 0 Å². The molecule has 1 fully saturated rings. The summed E-state index contributed by atoms with van der Waals surface area (Å²) in [6.07, 6.45) is -3.95. The lowest BCUT2D eigenvalue weighted by Gasteiger charge is -2.41. The number of nitrogens with one attached hydrogen (secondary N) is 1. The molecule has 1 aliphatic rings. The van der Waals surface area contributed by atoms with Gasteiger partial charge in [-0.2, -0.15) is 13.2 Å². The molecule has 0 bridgehead atoms. The first-order valence-electron chi connectivity index (χ1n) is 12.8. The van der Waals surface area contributed by atoms with Crippen molar-refractivity contribution in [2.45, 2.75) is 50.0 Å². The van der Waals surface area contributed by atoms with Crippen LogP contribution in [-0.2, 0) is 27.3 Å². The molecule has 1 heterocycles. The molecule has 0 saturated carbocycles. The molecule has 0 spiro atoms. The molecule has 0 aliphatic carbocycles. The van der Waals surface area contributed by atoms with E-state index in [1.807, 2.05) is 19.1 Å². The summed E-state index contributed by atoms with van der Waals surface area (Å²) < 4.78 is 68.8. The van der Waals surface area contributed by atoms with Gasteiger partial charge in [-0.3, -0.25) is 4.79 Å². The molecule has 2 atom stereocenters. The molecule has 3 aromatic carbocycles. The van der Waals surface area contributed by atoms with E-state index in [2.05, 4.69) is 10.2 Å². The van der Waals surface area contributed by atoms with Crippen LogP contribution in [0.5, 0.6) is 0 Å². The minimum absolute atomic E-state index is 0.0260. The fourth-order valence-corrected chi connectivity index (χ4v) is 5.39. The number of morpholine rings is 1. The first-order chi connectivity index (χ1) is 18.5. The summed E-state index contributed by atoms with van der Waals surface area (Å²) in [7, 11) is -3.28. The lowest BCUT2D eigenvalue weighted by atomic mass is 10.0. The number of amides is 1. The quantitative estimate of drug-likeness (QED) is 0.378. The van der Waals surface area contributed by atoms with Crippen molar-refractivity contribution in [3.63, 3.8) is 0 Å². The number of rotatable bonds is 8. The average molecular weight is 561 g/mol. The lowest BCUT2D eigenvalue weighted by molar-refractivity contribution is -0.137. The fraction of sp³-hybridized carbons (Fsp3) is 0.345. The van der Waals surface area contributed by atoms with Gasteiger partial charge in [-0.1, -0.05) is 38.1 Å². The maximum absolute atomic E-state index is 12.9. The largest absolute Gasteiger partial charge is 0.416 e. The predicted molar refractivity (Wildman–Crippen MR) is 143 cm³/mol. The van der Waals surface area contributed by atoms with Crippen LogP contribution < -0.4 is 10.2 Å². The van der Waals surface area contributed by atoms with Gasteiger partial charge in [0.05, 0.1) is 28.9 Å². The normalized spacial score (nSPS) is 18.1. The predicted octanol–water partition coefficient (Wildman–Crippen LogP) is 5.79. The van der Waals surface area contributed by atoms with E-state index in [1.54, 1.807) is 43.3 Å². The van der Waals surface area contributed by atoms with E-state index in [9.17, 15) is 26.4 Å². The first kappa shape index (κ1) is 28.6. The number of carbonyl (C=O) groups excluding carboxylic acids is 1. The number of hydrogen-bond acceptors (Lipinski definition) is 5. The lowest BCUT2D eigenvalue weighted by Crippen LogP contribution is -2.46. The Morgan fingerprint density at radius 2 is 1.62 bits per heavy atom. The zero-order chi connectivity index (χ0) is 28.2. The van der Waals surface area contributed by atoms with Gasteiger partial charge in [0.1, 0.15) is 6.10 Å². The van der Waals surface area contributed by atoms with Crippen molar-refractivity contribution in [3.05, 3.63) is 95.1 Å². The molecule has 1 amide bonds. The highest BCUT2D eigenvalue weighted by Gasteiger charge is 2.32. The van der Waals surface area contributed by atoms with Crippen molar-refractivity contribution >= 4 is 21.4 Å². The molecule has 0 radical (unpaired) electrons. The number of halogens is 3.